The number of methoxy groups -OCH3 is 1. The molecule has 0 aromatic heterocycles. The monoisotopic (exact) mass is 435 g/mol. The molecule has 166 valence electrons. The number of rotatable bonds is 5. The summed E-state index contributed by atoms with van der Waals surface area (Å²) in [5, 5.41) is 3.41. The number of nitrogens with one attached hydrogen (secondary N) is 1. The Balaban J connectivity index is 1.40. The summed E-state index contributed by atoms with van der Waals surface area (Å²) in [6.45, 7) is 2.99. The number of carbonyl (C=O) groups is 1. The molecule has 1 aliphatic carbocycles. The van der Waals surface area contributed by atoms with Crippen LogP contribution in [0.2, 0.25) is 0 Å². The number of hydrogen-bond acceptors (Lipinski definition) is 5. The van der Waals surface area contributed by atoms with E-state index >= 15 is 0 Å². The molecule has 30 heavy (non-hydrogen) atoms. The van der Waals surface area contributed by atoms with Crippen molar-refractivity contribution in [3.8, 4) is 0 Å². The maximum atomic E-state index is 13.3. The molecule has 3 aliphatic rings. The molecule has 2 fully saturated rings. The Morgan fingerprint density at radius 1 is 1.10 bits per heavy atom. The van der Waals surface area contributed by atoms with Crippen LogP contribution in [0.3, 0.4) is 0 Å². The van der Waals surface area contributed by atoms with E-state index in [9.17, 15) is 13.2 Å². The van der Waals surface area contributed by atoms with Gasteiger partial charge in [0.1, 0.15) is 0 Å². The van der Waals surface area contributed by atoms with Crippen LogP contribution in [0.1, 0.15) is 49.7 Å². The molecule has 1 saturated carbocycles. The summed E-state index contributed by atoms with van der Waals surface area (Å²) in [4.78, 5) is 11.4. The number of carbonyl (C=O) groups excluding carboxylic acids is 1. The van der Waals surface area contributed by atoms with Crippen molar-refractivity contribution in [2.45, 2.75) is 57.4 Å². The predicted octanol–water partition coefficient (Wildman–Crippen LogP) is 2.25. The zero-order chi connectivity index (χ0) is 21.1. The lowest BCUT2D eigenvalue weighted by Crippen LogP contribution is -2.42. The third kappa shape index (κ3) is 4.50. The summed E-state index contributed by atoms with van der Waals surface area (Å²) >= 11 is 0. The van der Waals surface area contributed by atoms with E-state index in [1.807, 2.05) is 6.07 Å². The first-order chi connectivity index (χ1) is 14.5. The fraction of sp³-hybridized carbons (Fsp3) is 0.682. The van der Waals surface area contributed by atoms with Gasteiger partial charge in [-0.3, -0.25) is 9.10 Å². The van der Waals surface area contributed by atoms with Gasteiger partial charge in [-0.15, -0.1) is 0 Å². The molecule has 0 bridgehead atoms. The minimum atomic E-state index is -3.49. The topological polar surface area (TPSA) is 79.0 Å². The minimum Gasteiger partial charge on any atom is -0.469 e. The fourth-order valence-corrected chi connectivity index (χ4v) is 6.99. The van der Waals surface area contributed by atoms with Crippen molar-refractivity contribution in [1.29, 1.82) is 0 Å². The van der Waals surface area contributed by atoms with E-state index in [2.05, 4.69) is 17.4 Å². The van der Waals surface area contributed by atoms with Gasteiger partial charge in [-0.05, 0) is 87.2 Å². The first-order valence-electron chi connectivity index (χ1n) is 11.2. The van der Waals surface area contributed by atoms with E-state index in [1.165, 1.54) is 18.2 Å². The lowest BCUT2D eigenvalue weighted by atomic mass is 9.83. The van der Waals surface area contributed by atoms with Crippen molar-refractivity contribution >= 4 is 21.9 Å². The molecule has 0 radical (unpaired) electrons. The minimum absolute atomic E-state index is 0.0689. The van der Waals surface area contributed by atoms with E-state index in [4.69, 9.17) is 4.74 Å². The number of hydrogen-bond donors (Lipinski definition) is 1. The molecule has 0 spiro atoms. The number of nitrogens with zero attached hydrogens (tertiary/aromatic N) is 2. The Morgan fingerprint density at radius 3 is 2.57 bits per heavy atom. The van der Waals surface area contributed by atoms with Gasteiger partial charge in [0.25, 0.3) is 0 Å². The van der Waals surface area contributed by atoms with E-state index in [1.54, 1.807) is 8.61 Å². The van der Waals surface area contributed by atoms with Gasteiger partial charge in [0.15, 0.2) is 0 Å². The molecule has 0 amide bonds. The molecule has 2 aliphatic heterocycles. The summed E-state index contributed by atoms with van der Waals surface area (Å²) in [6, 6.07) is 6.21. The molecule has 8 heteroatoms. The Morgan fingerprint density at radius 2 is 1.83 bits per heavy atom. The average Bonchev–Trinajstić information content (AvgIpc) is 2.91. The van der Waals surface area contributed by atoms with Crippen LogP contribution in [0.15, 0.2) is 18.2 Å². The highest BCUT2D eigenvalue weighted by atomic mass is 32.2. The van der Waals surface area contributed by atoms with Crippen LogP contribution in [-0.2, 0) is 32.6 Å². The number of ether oxygens (including phenoxy) is 1. The first-order valence-corrected chi connectivity index (χ1v) is 12.6. The predicted molar refractivity (Wildman–Crippen MR) is 117 cm³/mol. The Labute approximate surface area is 179 Å². The van der Waals surface area contributed by atoms with Crippen molar-refractivity contribution < 1.29 is 17.9 Å². The molecule has 0 atom stereocenters. The van der Waals surface area contributed by atoms with Gasteiger partial charge < -0.3 is 10.1 Å². The summed E-state index contributed by atoms with van der Waals surface area (Å²) in [6.07, 6.45) is 6.91. The molecular weight excluding hydrogens is 402 g/mol. The summed E-state index contributed by atoms with van der Waals surface area (Å²) in [5.41, 5.74) is 3.38. The van der Waals surface area contributed by atoms with Crippen LogP contribution in [0.4, 0.5) is 5.69 Å². The molecule has 2 heterocycles. The number of fused-ring (bicyclic) bond motifs is 1. The van der Waals surface area contributed by atoms with Crippen LogP contribution < -0.4 is 9.62 Å². The van der Waals surface area contributed by atoms with Crippen LogP contribution in [0, 0.1) is 5.92 Å². The van der Waals surface area contributed by atoms with Crippen LogP contribution in [-0.4, -0.2) is 58.0 Å². The maximum absolute atomic E-state index is 13.3. The second-order valence-corrected chi connectivity index (χ2v) is 10.5. The molecule has 1 aromatic carbocycles. The largest absolute Gasteiger partial charge is 0.469 e. The Hall–Kier alpha value is -1.64. The molecule has 7 nitrogen and oxygen atoms in total. The Kier molecular flexibility index (Phi) is 6.65. The molecular formula is C22H33N3O4S. The van der Waals surface area contributed by atoms with E-state index < -0.39 is 10.2 Å². The van der Waals surface area contributed by atoms with Gasteiger partial charge in [0, 0.05) is 25.6 Å². The number of esters is 1. The van der Waals surface area contributed by atoms with E-state index in [0.29, 0.717) is 25.4 Å². The second-order valence-electron chi connectivity index (χ2n) is 8.68. The van der Waals surface area contributed by atoms with Gasteiger partial charge >= 0.3 is 16.2 Å². The summed E-state index contributed by atoms with van der Waals surface area (Å²) in [5.74, 6) is 0.325. The average molecular weight is 436 g/mol. The molecule has 1 aromatic rings. The Bertz CT molecular complexity index is 865. The molecule has 4 rings (SSSR count). The maximum Gasteiger partial charge on any atom is 0.305 e. The normalized spacial score (nSPS) is 26.8. The van der Waals surface area contributed by atoms with Crippen LogP contribution in [0.5, 0.6) is 0 Å². The smallest absolute Gasteiger partial charge is 0.305 e. The second kappa shape index (κ2) is 9.24. The van der Waals surface area contributed by atoms with Crippen LogP contribution in [0.25, 0.3) is 0 Å². The van der Waals surface area contributed by atoms with Gasteiger partial charge in [-0.25, -0.2) is 0 Å². The number of benzene rings is 1. The molecule has 1 N–H and O–H groups in total. The highest BCUT2D eigenvalue weighted by molar-refractivity contribution is 7.90. The lowest BCUT2D eigenvalue weighted by Gasteiger charge is -2.33. The third-order valence-electron chi connectivity index (χ3n) is 6.93. The van der Waals surface area contributed by atoms with Crippen molar-refractivity contribution in [1.82, 2.24) is 9.62 Å². The highest BCUT2D eigenvalue weighted by Gasteiger charge is 2.42. The van der Waals surface area contributed by atoms with Crippen molar-refractivity contribution in [2.24, 2.45) is 5.92 Å². The standard InChI is InChI=1S/C22H33N3O4S/c1-29-22(26)9-4-17-2-6-20(7-3-17)24-14-15-25(30(24,27)28)21-8-5-18-10-12-23-13-11-19(18)16-21/h5,8,16-17,20,23H,2-4,6-7,9-15H2,1H3. The van der Waals surface area contributed by atoms with Crippen molar-refractivity contribution in [3.05, 3.63) is 29.3 Å². The summed E-state index contributed by atoms with van der Waals surface area (Å²) in [7, 11) is -2.07. The molecule has 0 unspecified atom stereocenters. The van der Waals surface area contributed by atoms with Gasteiger partial charge in [0.05, 0.1) is 12.8 Å². The highest BCUT2D eigenvalue weighted by Crippen LogP contribution is 2.36. The lowest BCUT2D eigenvalue weighted by molar-refractivity contribution is -0.141. The fourth-order valence-electron chi connectivity index (χ4n) is 5.14. The van der Waals surface area contributed by atoms with Crippen LogP contribution >= 0.6 is 0 Å². The SMILES string of the molecule is COC(=O)CCC1CCC(N2CCN(c3ccc4c(c3)CCNCC4)S2(=O)=O)CC1. The van der Waals surface area contributed by atoms with Gasteiger partial charge in [-0.1, -0.05) is 6.07 Å². The quantitative estimate of drug-likeness (QED) is 0.718. The zero-order valence-electron chi connectivity index (χ0n) is 17.8. The van der Waals surface area contributed by atoms with Crippen molar-refractivity contribution in [2.75, 3.05) is 37.6 Å². The summed E-state index contributed by atoms with van der Waals surface area (Å²) < 4.78 is 34.7. The number of anilines is 1. The third-order valence-corrected chi connectivity index (χ3v) is 8.95. The first kappa shape index (κ1) is 21.6. The van der Waals surface area contributed by atoms with Crippen molar-refractivity contribution in [3.63, 3.8) is 0 Å². The molecule has 1 saturated heterocycles. The zero-order valence-corrected chi connectivity index (χ0v) is 18.6. The van der Waals surface area contributed by atoms with Gasteiger partial charge in [0.2, 0.25) is 0 Å². The van der Waals surface area contributed by atoms with E-state index in [-0.39, 0.29) is 12.0 Å². The van der Waals surface area contributed by atoms with Gasteiger partial charge in [-0.2, -0.15) is 12.7 Å². The van der Waals surface area contributed by atoms with E-state index in [0.717, 1.165) is 63.7 Å².